The van der Waals surface area contributed by atoms with Crippen molar-refractivity contribution < 1.29 is 13.2 Å². The van der Waals surface area contributed by atoms with Gasteiger partial charge >= 0.3 is 0 Å². The lowest BCUT2D eigenvalue weighted by Crippen LogP contribution is -2.25. The van der Waals surface area contributed by atoms with Gasteiger partial charge in [-0.1, -0.05) is 6.92 Å². The standard InChI is InChI=1S/C14H22N2O3S/c1-3-9-15-13-7-5-12(6-8-13)14(17)16-10-4-11-20(2,18)19/h5-8,15H,3-4,9-11H2,1-2H3,(H,16,17). The first kappa shape index (κ1) is 16.5. The molecule has 1 aromatic rings. The largest absolute Gasteiger partial charge is 0.385 e. The van der Waals surface area contributed by atoms with Crippen LogP contribution < -0.4 is 10.6 Å². The van der Waals surface area contributed by atoms with Crippen molar-refractivity contribution in [1.82, 2.24) is 5.32 Å². The Morgan fingerprint density at radius 3 is 2.35 bits per heavy atom. The van der Waals surface area contributed by atoms with Crippen LogP contribution >= 0.6 is 0 Å². The van der Waals surface area contributed by atoms with Gasteiger partial charge in [0, 0.05) is 30.6 Å². The zero-order valence-corrected chi connectivity index (χ0v) is 12.8. The van der Waals surface area contributed by atoms with Crippen LogP contribution in [-0.2, 0) is 9.84 Å². The van der Waals surface area contributed by atoms with E-state index in [-0.39, 0.29) is 11.7 Å². The molecule has 2 N–H and O–H groups in total. The van der Waals surface area contributed by atoms with E-state index in [1.54, 1.807) is 12.1 Å². The summed E-state index contributed by atoms with van der Waals surface area (Å²) in [6.07, 6.45) is 2.67. The van der Waals surface area contributed by atoms with Gasteiger partial charge in [-0.25, -0.2) is 8.42 Å². The summed E-state index contributed by atoms with van der Waals surface area (Å²) >= 11 is 0. The van der Waals surface area contributed by atoms with Gasteiger partial charge in [-0.15, -0.1) is 0 Å². The van der Waals surface area contributed by atoms with Crippen LogP contribution in [0.25, 0.3) is 0 Å². The molecule has 112 valence electrons. The Labute approximate surface area is 120 Å². The number of carbonyl (C=O) groups is 1. The molecule has 6 heteroatoms. The normalized spacial score (nSPS) is 11.1. The van der Waals surface area contributed by atoms with Crippen LogP contribution in [0.4, 0.5) is 5.69 Å². The van der Waals surface area contributed by atoms with E-state index in [1.807, 2.05) is 12.1 Å². The number of sulfone groups is 1. The Balaban J connectivity index is 2.39. The van der Waals surface area contributed by atoms with Crippen LogP contribution in [0, 0.1) is 0 Å². The zero-order valence-electron chi connectivity index (χ0n) is 12.0. The molecule has 0 radical (unpaired) electrons. The summed E-state index contributed by atoms with van der Waals surface area (Å²) in [6.45, 7) is 3.35. The van der Waals surface area contributed by atoms with Crippen LogP contribution in [0.3, 0.4) is 0 Å². The second kappa shape index (κ2) is 7.89. The van der Waals surface area contributed by atoms with E-state index in [0.29, 0.717) is 18.5 Å². The fourth-order valence-corrected chi connectivity index (χ4v) is 2.32. The van der Waals surface area contributed by atoms with Gasteiger partial charge in [0.2, 0.25) is 0 Å². The molecule has 1 amide bonds. The number of hydrogen-bond donors (Lipinski definition) is 2. The minimum atomic E-state index is -2.96. The Morgan fingerprint density at radius 1 is 1.15 bits per heavy atom. The molecule has 0 fully saturated rings. The predicted octanol–water partition coefficient (Wildman–Crippen LogP) is 1.67. The van der Waals surface area contributed by atoms with Gasteiger partial charge in [-0.05, 0) is 37.1 Å². The minimum Gasteiger partial charge on any atom is -0.385 e. The molecule has 0 unspecified atom stereocenters. The third kappa shape index (κ3) is 6.56. The van der Waals surface area contributed by atoms with E-state index >= 15 is 0 Å². The summed E-state index contributed by atoms with van der Waals surface area (Å²) in [5.74, 6) is -0.0896. The third-order valence-corrected chi connectivity index (χ3v) is 3.73. The molecule has 1 rings (SSSR count). The maximum atomic E-state index is 11.8. The Kier molecular flexibility index (Phi) is 6.51. The Bertz CT molecular complexity index is 524. The molecular formula is C14H22N2O3S. The average Bonchev–Trinajstić information content (AvgIpc) is 2.40. The topological polar surface area (TPSA) is 75.3 Å². The number of anilines is 1. The van der Waals surface area contributed by atoms with Crippen molar-refractivity contribution in [1.29, 1.82) is 0 Å². The summed E-state index contributed by atoms with van der Waals surface area (Å²) in [5, 5.41) is 5.94. The van der Waals surface area contributed by atoms with Crippen LogP contribution in [0.15, 0.2) is 24.3 Å². The van der Waals surface area contributed by atoms with Gasteiger partial charge in [0.15, 0.2) is 0 Å². The molecule has 0 aliphatic rings. The van der Waals surface area contributed by atoms with Crippen molar-refractivity contribution in [3.63, 3.8) is 0 Å². The first-order valence-electron chi connectivity index (χ1n) is 6.72. The van der Waals surface area contributed by atoms with Crippen molar-refractivity contribution in [2.45, 2.75) is 19.8 Å². The molecule has 0 bridgehead atoms. The van der Waals surface area contributed by atoms with Gasteiger partial charge in [0.1, 0.15) is 9.84 Å². The molecule has 0 aliphatic heterocycles. The van der Waals surface area contributed by atoms with E-state index in [2.05, 4.69) is 17.6 Å². The average molecular weight is 298 g/mol. The third-order valence-electron chi connectivity index (χ3n) is 2.70. The van der Waals surface area contributed by atoms with Crippen molar-refractivity contribution >= 4 is 21.4 Å². The van der Waals surface area contributed by atoms with Crippen molar-refractivity contribution in [3.8, 4) is 0 Å². The maximum absolute atomic E-state index is 11.8. The molecule has 0 saturated heterocycles. The zero-order chi connectivity index (χ0) is 15.0. The highest BCUT2D eigenvalue weighted by Crippen LogP contribution is 2.09. The molecule has 0 spiro atoms. The van der Waals surface area contributed by atoms with E-state index in [0.717, 1.165) is 18.7 Å². The van der Waals surface area contributed by atoms with Gasteiger partial charge in [0.05, 0.1) is 5.75 Å². The highest BCUT2D eigenvalue weighted by molar-refractivity contribution is 7.90. The molecule has 0 atom stereocenters. The number of amides is 1. The minimum absolute atomic E-state index is 0.0904. The van der Waals surface area contributed by atoms with E-state index in [1.165, 1.54) is 6.26 Å². The molecule has 20 heavy (non-hydrogen) atoms. The summed E-state index contributed by atoms with van der Waals surface area (Å²) in [6, 6.07) is 7.23. The van der Waals surface area contributed by atoms with Crippen molar-refractivity contribution in [2.24, 2.45) is 0 Å². The molecule has 5 nitrogen and oxygen atoms in total. The highest BCUT2D eigenvalue weighted by Gasteiger charge is 2.06. The molecule has 1 aromatic carbocycles. The van der Waals surface area contributed by atoms with E-state index < -0.39 is 9.84 Å². The summed E-state index contributed by atoms with van der Waals surface area (Å²) in [4.78, 5) is 11.8. The Hall–Kier alpha value is -1.56. The van der Waals surface area contributed by atoms with E-state index in [4.69, 9.17) is 0 Å². The van der Waals surface area contributed by atoms with E-state index in [9.17, 15) is 13.2 Å². The second-order valence-corrected chi connectivity index (χ2v) is 7.00. The smallest absolute Gasteiger partial charge is 0.251 e. The van der Waals surface area contributed by atoms with Gasteiger partial charge in [-0.2, -0.15) is 0 Å². The van der Waals surface area contributed by atoms with Crippen molar-refractivity contribution in [3.05, 3.63) is 29.8 Å². The monoisotopic (exact) mass is 298 g/mol. The molecule has 0 heterocycles. The second-order valence-electron chi connectivity index (χ2n) is 4.74. The molecular weight excluding hydrogens is 276 g/mol. The number of nitrogens with one attached hydrogen (secondary N) is 2. The van der Waals surface area contributed by atoms with Crippen LogP contribution in [-0.4, -0.2) is 39.4 Å². The fraction of sp³-hybridized carbons (Fsp3) is 0.500. The fourth-order valence-electron chi connectivity index (χ4n) is 1.65. The predicted molar refractivity (Wildman–Crippen MR) is 81.9 cm³/mol. The lowest BCUT2D eigenvalue weighted by atomic mass is 10.2. The molecule has 0 saturated carbocycles. The van der Waals surface area contributed by atoms with Gasteiger partial charge in [-0.3, -0.25) is 4.79 Å². The van der Waals surface area contributed by atoms with Gasteiger partial charge in [0.25, 0.3) is 5.91 Å². The number of carbonyl (C=O) groups excluding carboxylic acids is 1. The highest BCUT2D eigenvalue weighted by atomic mass is 32.2. The Morgan fingerprint density at radius 2 is 1.80 bits per heavy atom. The lowest BCUT2D eigenvalue weighted by molar-refractivity contribution is 0.0953. The number of benzene rings is 1. The molecule has 0 aliphatic carbocycles. The number of hydrogen-bond acceptors (Lipinski definition) is 4. The first-order chi connectivity index (χ1) is 9.42. The van der Waals surface area contributed by atoms with Gasteiger partial charge < -0.3 is 10.6 Å². The quantitative estimate of drug-likeness (QED) is 0.716. The summed E-state index contributed by atoms with van der Waals surface area (Å²) < 4.78 is 21.9. The lowest BCUT2D eigenvalue weighted by Gasteiger charge is -2.07. The summed E-state index contributed by atoms with van der Waals surface area (Å²) in [7, 11) is -2.96. The molecule has 0 aromatic heterocycles. The van der Waals surface area contributed by atoms with Crippen LogP contribution in [0.2, 0.25) is 0 Å². The first-order valence-corrected chi connectivity index (χ1v) is 8.78. The number of rotatable bonds is 8. The SMILES string of the molecule is CCCNc1ccc(C(=O)NCCCS(C)(=O)=O)cc1. The maximum Gasteiger partial charge on any atom is 0.251 e. The summed E-state index contributed by atoms with van der Waals surface area (Å²) in [5.41, 5.74) is 1.56. The van der Waals surface area contributed by atoms with Crippen LogP contribution in [0.5, 0.6) is 0 Å². The van der Waals surface area contributed by atoms with Crippen LogP contribution in [0.1, 0.15) is 30.1 Å². The van der Waals surface area contributed by atoms with Crippen molar-refractivity contribution in [2.75, 3.05) is 30.4 Å².